The van der Waals surface area contributed by atoms with Crippen LogP contribution in [0.1, 0.15) is 11.6 Å². The van der Waals surface area contributed by atoms with E-state index in [4.69, 9.17) is 4.52 Å². The van der Waals surface area contributed by atoms with Crippen molar-refractivity contribution < 1.29 is 14.7 Å². The van der Waals surface area contributed by atoms with Gasteiger partial charge in [0.05, 0.1) is 31.1 Å². The van der Waals surface area contributed by atoms with E-state index in [-0.39, 0.29) is 18.2 Å². The van der Waals surface area contributed by atoms with Crippen LogP contribution in [0.5, 0.6) is 0 Å². The number of hydrogen-bond acceptors (Lipinski definition) is 6. The Bertz CT molecular complexity index is 705. The number of nitrogens with zero attached hydrogens (tertiary/aromatic N) is 2. The Labute approximate surface area is 124 Å². The van der Waals surface area contributed by atoms with Crippen LogP contribution in [0.2, 0.25) is 0 Å². The molecule has 0 aliphatic carbocycles. The summed E-state index contributed by atoms with van der Waals surface area (Å²) in [7, 11) is 4.62. The second-order valence-electron chi connectivity index (χ2n) is 4.97. The zero-order valence-corrected chi connectivity index (χ0v) is 13.2. The first-order valence-corrected chi connectivity index (χ1v) is 7.30. The zero-order chi connectivity index (χ0) is 15.1. The molecular weight excluding hydrogens is 314 g/mol. The molecule has 1 saturated heterocycles. The summed E-state index contributed by atoms with van der Waals surface area (Å²) in [4.78, 5) is 21.2. The van der Waals surface area contributed by atoms with Crippen molar-refractivity contribution in [1.82, 2.24) is 19.6 Å². The first-order valence-electron chi connectivity index (χ1n) is 6.31. The van der Waals surface area contributed by atoms with Crippen LogP contribution < -0.4 is 5.56 Å². The van der Waals surface area contributed by atoms with E-state index in [1.165, 1.54) is 6.33 Å². The number of aromatic amines is 2. The normalized spacial score (nSPS) is 30.3. The topological polar surface area (TPSA) is 114 Å². The Morgan fingerprint density at radius 3 is 2.86 bits per heavy atom. The van der Waals surface area contributed by atoms with Crippen LogP contribution in [0.15, 0.2) is 17.3 Å². The molecule has 10 heteroatoms. The van der Waals surface area contributed by atoms with Gasteiger partial charge >= 0.3 is 0 Å². The van der Waals surface area contributed by atoms with E-state index in [1.54, 1.807) is 10.9 Å². The van der Waals surface area contributed by atoms with Gasteiger partial charge in [0.2, 0.25) is 0 Å². The van der Waals surface area contributed by atoms with E-state index >= 15 is 0 Å². The Morgan fingerprint density at radius 2 is 2.14 bits per heavy atom. The van der Waals surface area contributed by atoms with Gasteiger partial charge in [-0.1, -0.05) is 9.39 Å². The lowest BCUT2D eigenvalue weighted by Gasteiger charge is -2.24. The quantitative estimate of drug-likeness (QED) is 0.553. The fourth-order valence-corrected chi connectivity index (χ4v) is 3.59. The average molecular weight is 330 g/mol. The number of H-pyrrole nitrogens is 2. The van der Waals surface area contributed by atoms with E-state index in [2.05, 4.69) is 33.8 Å². The Kier molecular flexibility index (Phi) is 4.10. The van der Waals surface area contributed by atoms with Crippen molar-refractivity contribution in [3.05, 3.63) is 28.4 Å². The number of aliphatic hydroxyl groups is 2. The van der Waals surface area contributed by atoms with Crippen LogP contribution in [-0.2, 0) is 4.52 Å². The van der Waals surface area contributed by atoms with E-state index < -0.39 is 18.2 Å². The van der Waals surface area contributed by atoms with E-state index in [0.717, 1.165) is 0 Å². The van der Waals surface area contributed by atoms with Crippen LogP contribution in [0.25, 0.3) is 11.0 Å². The van der Waals surface area contributed by atoms with Crippen molar-refractivity contribution in [3.63, 3.8) is 0 Å². The van der Waals surface area contributed by atoms with Gasteiger partial charge in [-0.3, -0.25) is 9.46 Å². The van der Waals surface area contributed by atoms with Gasteiger partial charge in [-0.15, -0.1) is 0 Å². The van der Waals surface area contributed by atoms with Crippen LogP contribution in [0.3, 0.4) is 0 Å². The lowest BCUT2D eigenvalue weighted by atomic mass is 10.0. The molecule has 0 radical (unpaired) electrons. The smallest absolute Gasteiger partial charge is 0.275 e. The molecule has 2 aromatic rings. The van der Waals surface area contributed by atoms with Gasteiger partial charge in [-0.25, -0.2) is 4.98 Å². The summed E-state index contributed by atoms with van der Waals surface area (Å²) in [6.45, 7) is 0.249. The van der Waals surface area contributed by atoms with E-state index in [1.807, 2.05) is 0 Å². The van der Waals surface area contributed by atoms with E-state index in [0.29, 0.717) is 16.6 Å². The van der Waals surface area contributed by atoms with Crippen molar-refractivity contribution in [2.24, 2.45) is 0 Å². The second kappa shape index (κ2) is 5.72. The highest BCUT2D eigenvalue weighted by atomic mass is 31.0. The molecule has 1 fully saturated rings. The van der Waals surface area contributed by atoms with Gasteiger partial charge < -0.3 is 24.7 Å². The molecule has 6 atom stereocenters. The van der Waals surface area contributed by atoms with Crippen molar-refractivity contribution in [2.75, 3.05) is 6.61 Å². The van der Waals surface area contributed by atoms with E-state index in [9.17, 15) is 15.0 Å². The molecular formula is C11H16N4O4P2. The minimum atomic E-state index is -1.01. The van der Waals surface area contributed by atoms with Crippen LogP contribution in [0, 0.1) is 0 Å². The fraction of sp³-hybridized carbons (Fsp3) is 0.455. The maximum atomic E-state index is 11.7. The molecule has 1 aliphatic rings. The fourth-order valence-electron chi connectivity index (χ4n) is 2.80. The third-order valence-corrected chi connectivity index (χ3v) is 4.75. The number of hydrogen-bond donors (Lipinski definition) is 4. The van der Waals surface area contributed by atoms with Gasteiger partial charge in [0.1, 0.15) is 17.1 Å². The van der Waals surface area contributed by atoms with Gasteiger partial charge in [-0.2, -0.15) is 0 Å². The summed E-state index contributed by atoms with van der Waals surface area (Å²) in [6.07, 6.45) is 0.984. The molecule has 21 heavy (non-hydrogen) atoms. The van der Waals surface area contributed by atoms with Crippen LogP contribution >= 0.6 is 18.9 Å². The molecule has 0 amide bonds. The third kappa shape index (κ3) is 2.32. The Hall–Kier alpha value is -0.880. The Balaban J connectivity index is 2.06. The van der Waals surface area contributed by atoms with Crippen molar-refractivity contribution in [3.8, 4) is 0 Å². The molecule has 2 unspecified atom stereocenters. The van der Waals surface area contributed by atoms with Crippen LogP contribution in [-0.4, -0.2) is 54.7 Å². The molecule has 3 heterocycles. The van der Waals surface area contributed by atoms with Gasteiger partial charge in [0.25, 0.3) is 5.56 Å². The summed E-state index contributed by atoms with van der Waals surface area (Å²) >= 11 is 0. The lowest BCUT2D eigenvalue weighted by Crippen LogP contribution is -2.35. The monoisotopic (exact) mass is 330 g/mol. The van der Waals surface area contributed by atoms with Crippen LogP contribution in [0.4, 0.5) is 0 Å². The first kappa shape index (κ1) is 15.0. The lowest BCUT2D eigenvalue weighted by molar-refractivity contribution is 0.0223. The molecule has 0 bridgehead atoms. The molecule has 0 aromatic carbocycles. The predicted octanol–water partition coefficient (Wildman–Crippen LogP) is -0.705. The molecule has 1 aliphatic heterocycles. The standard InChI is InChI=1S/C11H16N4O4P2/c16-9-5(2-19-21)15(20)8(10(9)17)4-1-12-7-6(4)13-3-14-11(7)18/h1,3,5,8-10,12,16-17H,2,20-21H2,(H,13,14,18)/t5-,8+,9-,10+/m1/s1. The average Bonchev–Trinajstić information content (AvgIpc) is 2.96. The first-order chi connectivity index (χ1) is 10.1. The Morgan fingerprint density at radius 1 is 1.38 bits per heavy atom. The van der Waals surface area contributed by atoms with Gasteiger partial charge in [0.15, 0.2) is 0 Å². The minimum Gasteiger partial charge on any atom is -0.389 e. The molecule has 2 aromatic heterocycles. The van der Waals surface area contributed by atoms with Crippen molar-refractivity contribution in [2.45, 2.75) is 24.3 Å². The highest BCUT2D eigenvalue weighted by molar-refractivity contribution is 7.13. The number of aromatic nitrogens is 3. The maximum absolute atomic E-state index is 11.7. The summed E-state index contributed by atoms with van der Waals surface area (Å²) in [5.41, 5.74) is 1.21. The highest BCUT2D eigenvalue weighted by Crippen LogP contribution is 2.41. The second-order valence-corrected chi connectivity index (χ2v) is 5.90. The summed E-state index contributed by atoms with van der Waals surface area (Å²) < 4.78 is 6.75. The number of aliphatic hydroxyl groups excluding tert-OH is 2. The van der Waals surface area contributed by atoms with Crippen molar-refractivity contribution >= 4 is 29.9 Å². The molecule has 0 saturated carbocycles. The molecule has 0 spiro atoms. The SMILES string of the molecule is O=c1[nH]cnc2c([C@H]3[C@H](O)[C@H](O)[C@@H](COP)N3P)c[nH]c12. The summed E-state index contributed by atoms with van der Waals surface area (Å²) in [5, 5.41) is 20.5. The minimum absolute atomic E-state index is 0.249. The third-order valence-electron chi connectivity index (χ3n) is 3.86. The number of nitrogens with one attached hydrogen (secondary N) is 2. The molecule has 3 rings (SSSR count). The number of fused-ring (bicyclic) bond motifs is 1. The highest BCUT2D eigenvalue weighted by Gasteiger charge is 2.47. The summed E-state index contributed by atoms with van der Waals surface area (Å²) in [5.74, 6) is 0. The zero-order valence-electron chi connectivity index (χ0n) is 10.9. The number of rotatable bonds is 3. The molecule has 4 N–H and O–H groups in total. The summed E-state index contributed by atoms with van der Waals surface area (Å²) in [6, 6.07) is -0.877. The maximum Gasteiger partial charge on any atom is 0.275 e. The molecule has 114 valence electrons. The predicted molar refractivity (Wildman–Crippen MR) is 82.5 cm³/mol. The van der Waals surface area contributed by atoms with Gasteiger partial charge in [0, 0.05) is 21.2 Å². The molecule has 8 nitrogen and oxygen atoms in total. The van der Waals surface area contributed by atoms with Gasteiger partial charge in [-0.05, 0) is 0 Å². The van der Waals surface area contributed by atoms with Crippen molar-refractivity contribution in [1.29, 1.82) is 0 Å². The largest absolute Gasteiger partial charge is 0.389 e.